The number of carbonyl (C=O) groups excluding carboxylic acids is 2. The van der Waals surface area contributed by atoms with E-state index in [1.165, 1.54) is 23.5 Å². The third-order valence-electron chi connectivity index (χ3n) is 4.44. The van der Waals surface area contributed by atoms with Gasteiger partial charge in [0.25, 0.3) is 0 Å². The minimum atomic E-state index is -3.40. The summed E-state index contributed by atoms with van der Waals surface area (Å²) >= 11 is 3.04. The van der Waals surface area contributed by atoms with Crippen molar-refractivity contribution in [3.05, 3.63) is 0 Å². The van der Waals surface area contributed by atoms with Crippen molar-refractivity contribution in [1.29, 1.82) is 0 Å². The van der Waals surface area contributed by atoms with E-state index in [9.17, 15) is 18.7 Å². The summed E-state index contributed by atoms with van der Waals surface area (Å²) in [5.41, 5.74) is 0. The first kappa shape index (κ1) is 35.9. The zero-order valence-electron chi connectivity index (χ0n) is 22.4. The first-order valence-corrected chi connectivity index (χ1v) is 18.1. The molecule has 0 aliphatic rings. The second kappa shape index (κ2) is 20.8. The van der Waals surface area contributed by atoms with Crippen molar-refractivity contribution in [2.45, 2.75) is 41.5 Å². The van der Waals surface area contributed by atoms with Crippen LogP contribution in [0.2, 0.25) is 0 Å². The molecular weight excluding hydrogens is 550 g/mol. The summed E-state index contributed by atoms with van der Waals surface area (Å²) in [5, 5.41) is 0. The van der Waals surface area contributed by atoms with Crippen LogP contribution in [0.4, 0.5) is 0 Å². The Morgan fingerprint density at radius 1 is 0.583 bits per heavy atom. The molecule has 0 aromatic rings. The molecular formula is C22H44O10P2S2. The maximum absolute atomic E-state index is 12.9. The minimum Gasteiger partial charge on any atom is -0.466 e. The van der Waals surface area contributed by atoms with Gasteiger partial charge < -0.3 is 27.6 Å². The van der Waals surface area contributed by atoms with Crippen LogP contribution in [0.15, 0.2) is 0 Å². The molecule has 0 spiro atoms. The molecule has 0 aromatic carbocycles. The van der Waals surface area contributed by atoms with Gasteiger partial charge in [0.05, 0.1) is 63.8 Å². The van der Waals surface area contributed by atoms with Gasteiger partial charge in [-0.25, -0.2) is 0 Å². The van der Waals surface area contributed by atoms with Crippen molar-refractivity contribution in [2.24, 2.45) is 11.8 Å². The Hall–Kier alpha value is -0.0600. The monoisotopic (exact) mass is 594 g/mol. The second-order valence-electron chi connectivity index (χ2n) is 7.31. The zero-order valence-corrected chi connectivity index (χ0v) is 25.9. The predicted molar refractivity (Wildman–Crippen MR) is 146 cm³/mol. The van der Waals surface area contributed by atoms with Crippen molar-refractivity contribution < 1.29 is 46.3 Å². The van der Waals surface area contributed by atoms with E-state index in [1.807, 2.05) is 0 Å². The van der Waals surface area contributed by atoms with E-state index >= 15 is 0 Å². The first-order chi connectivity index (χ1) is 17.1. The molecule has 0 fully saturated rings. The third-order valence-corrected chi connectivity index (χ3v) is 11.3. The van der Waals surface area contributed by atoms with E-state index in [-0.39, 0.29) is 52.0 Å². The van der Waals surface area contributed by atoms with Crippen molar-refractivity contribution in [2.75, 3.05) is 75.0 Å². The number of hydrogen-bond acceptors (Lipinski definition) is 12. The molecule has 0 heterocycles. The van der Waals surface area contributed by atoms with E-state index < -0.39 is 39.0 Å². The van der Waals surface area contributed by atoms with Crippen molar-refractivity contribution in [3.8, 4) is 0 Å². The standard InChI is InChI=1S/C22H44O10P2S2/c1-7-27-21(23)19(15-33(25,29-9-3)30-10-4)17-35-13-14-36-18-20(22(24)28-8-2)16-34(26,31-11-5)32-12-6/h19-20H,7-18H2,1-6H3. The molecule has 0 radical (unpaired) electrons. The maximum atomic E-state index is 12.9. The molecule has 0 saturated carbocycles. The van der Waals surface area contributed by atoms with E-state index in [2.05, 4.69) is 0 Å². The number of ether oxygens (including phenoxy) is 2. The SMILES string of the molecule is CCOC(=O)C(CSCCSCC(CP(=O)(OCC)OCC)C(=O)OCC)CP(=O)(OCC)OCC. The largest absolute Gasteiger partial charge is 0.466 e. The van der Waals surface area contributed by atoms with Crippen LogP contribution in [-0.4, -0.2) is 86.9 Å². The lowest BCUT2D eigenvalue weighted by molar-refractivity contribution is -0.147. The molecule has 0 bridgehead atoms. The van der Waals surface area contributed by atoms with Crippen molar-refractivity contribution >= 4 is 50.7 Å². The van der Waals surface area contributed by atoms with Crippen LogP contribution in [0.25, 0.3) is 0 Å². The van der Waals surface area contributed by atoms with E-state index in [0.29, 0.717) is 23.0 Å². The maximum Gasteiger partial charge on any atom is 0.331 e. The molecule has 2 atom stereocenters. The van der Waals surface area contributed by atoms with Crippen molar-refractivity contribution in [3.63, 3.8) is 0 Å². The van der Waals surface area contributed by atoms with Crippen LogP contribution in [0.1, 0.15) is 41.5 Å². The van der Waals surface area contributed by atoms with Gasteiger partial charge in [-0.3, -0.25) is 18.7 Å². The topological polar surface area (TPSA) is 124 Å². The highest BCUT2D eigenvalue weighted by Gasteiger charge is 2.34. The van der Waals surface area contributed by atoms with Gasteiger partial charge in [-0.2, -0.15) is 23.5 Å². The van der Waals surface area contributed by atoms with Crippen LogP contribution in [0.3, 0.4) is 0 Å². The number of esters is 2. The van der Waals surface area contributed by atoms with Crippen LogP contribution < -0.4 is 0 Å². The summed E-state index contributed by atoms with van der Waals surface area (Å²) in [6, 6.07) is 0. The summed E-state index contributed by atoms with van der Waals surface area (Å²) in [6.45, 7) is 11.7. The highest BCUT2D eigenvalue weighted by atomic mass is 32.2. The minimum absolute atomic E-state index is 0.0390. The number of hydrogen-bond donors (Lipinski definition) is 0. The summed E-state index contributed by atoms with van der Waals surface area (Å²) in [5.74, 6) is 0.0448. The molecule has 2 unspecified atom stereocenters. The van der Waals surface area contributed by atoms with E-state index in [0.717, 1.165) is 0 Å². The fourth-order valence-corrected chi connectivity index (χ4v) is 9.57. The fourth-order valence-electron chi connectivity index (χ4n) is 3.09. The lowest BCUT2D eigenvalue weighted by atomic mass is 10.2. The van der Waals surface area contributed by atoms with Crippen LogP contribution in [0, 0.1) is 11.8 Å². The van der Waals surface area contributed by atoms with E-state index in [4.69, 9.17) is 27.6 Å². The van der Waals surface area contributed by atoms with Crippen LogP contribution >= 0.6 is 38.7 Å². The molecule has 0 amide bonds. The van der Waals surface area contributed by atoms with Gasteiger partial charge in [0, 0.05) is 23.0 Å². The Morgan fingerprint density at radius 2 is 0.889 bits per heavy atom. The highest BCUT2D eigenvalue weighted by molar-refractivity contribution is 8.02. The summed E-state index contributed by atoms with van der Waals surface area (Å²) in [7, 11) is -6.80. The molecule has 0 rings (SSSR count). The van der Waals surface area contributed by atoms with Gasteiger partial charge in [-0.05, 0) is 41.5 Å². The van der Waals surface area contributed by atoms with Crippen LogP contribution in [0.5, 0.6) is 0 Å². The summed E-state index contributed by atoms with van der Waals surface area (Å²) < 4.78 is 57.5. The molecule has 0 N–H and O–H groups in total. The Bertz CT molecular complexity index is 632. The molecule has 0 aromatic heterocycles. The number of thioether (sulfide) groups is 2. The van der Waals surface area contributed by atoms with Gasteiger partial charge in [-0.15, -0.1) is 0 Å². The quantitative estimate of drug-likeness (QED) is 0.0861. The smallest absolute Gasteiger partial charge is 0.331 e. The highest BCUT2D eigenvalue weighted by Crippen LogP contribution is 2.51. The average molecular weight is 595 g/mol. The molecule has 0 aliphatic heterocycles. The Labute approximate surface area is 225 Å². The second-order valence-corrected chi connectivity index (χ2v) is 13.8. The van der Waals surface area contributed by atoms with Gasteiger partial charge in [-0.1, -0.05) is 0 Å². The average Bonchev–Trinajstić information content (AvgIpc) is 2.80. The molecule has 14 heteroatoms. The number of rotatable bonds is 23. The summed E-state index contributed by atoms with van der Waals surface area (Å²) in [4.78, 5) is 24.9. The van der Waals surface area contributed by atoms with Gasteiger partial charge in [0.1, 0.15) is 0 Å². The lowest BCUT2D eigenvalue weighted by Gasteiger charge is -2.22. The van der Waals surface area contributed by atoms with Gasteiger partial charge in [0.15, 0.2) is 0 Å². The zero-order chi connectivity index (χ0) is 27.5. The molecule has 0 saturated heterocycles. The lowest BCUT2D eigenvalue weighted by Crippen LogP contribution is -2.25. The third kappa shape index (κ3) is 15.4. The molecule has 36 heavy (non-hydrogen) atoms. The summed E-state index contributed by atoms with van der Waals surface area (Å²) in [6.07, 6.45) is -0.0779. The normalized spacial score (nSPS) is 13.8. The molecule has 0 aliphatic carbocycles. The fraction of sp³-hybridized carbons (Fsp3) is 0.909. The van der Waals surface area contributed by atoms with Crippen LogP contribution in [-0.2, 0) is 46.3 Å². The van der Waals surface area contributed by atoms with Gasteiger partial charge >= 0.3 is 27.1 Å². The predicted octanol–water partition coefficient (Wildman–Crippen LogP) is 5.34. The molecule has 10 nitrogen and oxygen atoms in total. The van der Waals surface area contributed by atoms with Crippen molar-refractivity contribution in [1.82, 2.24) is 0 Å². The van der Waals surface area contributed by atoms with Gasteiger partial charge in [0.2, 0.25) is 0 Å². The van der Waals surface area contributed by atoms with E-state index in [1.54, 1.807) is 41.5 Å². The Balaban J connectivity index is 4.93. The Kier molecular flexibility index (Phi) is 20.8. The first-order valence-electron chi connectivity index (χ1n) is 12.4. The molecule has 214 valence electrons. The Morgan fingerprint density at radius 3 is 1.14 bits per heavy atom. The number of carbonyl (C=O) groups is 2.